The first-order valence-electron chi connectivity index (χ1n) is 7.27. The molecule has 2 nitrogen and oxygen atoms in total. The molecule has 1 N–H and O–H groups in total. The van der Waals surface area contributed by atoms with Crippen molar-refractivity contribution >= 4 is 0 Å². The molecule has 0 heterocycles. The normalized spacial score (nSPS) is 13.6. The van der Waals surface area contributed by atoms with E-state index in [0.29, 0.717) is 24.0 Å². The van der Waals surface area contributed by atoms with Crippen molar-refractivity contribution in [1.29, 1.82) is 0 Å². The monoisotopic (exact) mass is 263 g/mol. The van der Waals surface area contributed by atoms with Crippen molar-refractivity contribution in [1.82, 2.24) is 5.32 Å². The Balaban J connectivity index is 2.48. The van der Waals surface area contributed by atoms with Gasteiger partial charge in [-0.25, -0.2) is 0 Å². The second-order valence-electron chi connectivity index (χ2n) is 6.61. The third kappa shape index (κ3) is 5.65. The summed E-state index contributed by atoms with van der Waals surface area (Å²) in [6.07, 6.45) is 0. The lowest BCUT2D eigenvalue weighted by atomic mass is 9.78. The van der Waals surface area contributed by atoms with Crippen LogP contribution in [0.5, 0.6) is 5.75 Å². The summed E-state index contributed by atoms with van der Waals surface area (Å²) in [4.78, 5) is 0. The van der Waals surface area contributed by atoms with Crippen molar-refractivity contribution in [3.63, 3.8) is 0 Å². The van der Waals surface area contributed by atoms with E-state index in [-0.39, 0.29) is 0 Å². The first kappa shape index (κ1) is 16.0. The van der Waals surface area contributed by atoms with Gasteiger partial charge in [0.2, 0.25) is 0 Å². The predicted octanol–water partition coefficient (Wildman–Crippen LogP) is 4.21. The molecule has 1 aromatic carbocycles. The minimum Gasteiger partial charge on any atom is -0.492 e. The van der Waals surface area contributed by atoms with Gasteiger partial charge in [0, 0.05) is 12.6 Å². The summed E-state index contributed by atoms with van der Waals surface area (Å²) >= 11 is 0. The van der Waals surface area contributed by atoms with Crippen LogP contribution in [0.4, 0.5) is 0 Å². The van der Waals surface area contributed by atoms with Crippen molar-refractivity contribution in [2.45, 2.75) is 53.5 Å². The first-order valence-corrected chi connectivity index (χ1v) is 7.27. The Morgan fingerprint density at radius 2 is 1.63 bits per heavy atom. The van der Waals surface area contributed by atoms with Crippen LogP contribution in [0.3, 0.4) is 0 Å². The van der Waals surface area contributed by atoms with Crippen LogP contribution in [0.25, 0.3) is 0 Å². The van der Waals surface area contributed by atoms with E-state index >= 15 is 0 Å². The molecule has 0 aromatic heterocycles. The summed E-state index contributed by atoms with van der Waals surface area (Å²) in [5.41, 5.74) is 1.67. The Bertz CT molecular complexity index is 362. The molecule has 0 fully saturated rings. The standard InChI is InChI=1S/C17H29NO/c1-13(2)18-11-12-19-16-9-7-15(8-10-16)14(3)17(4,5)6/h7-10,13-14,18H,11-12H2,1-6H3. The fraction of sp³-hybridized carbons (Fsp3) is 0.647. The molecule has 0 amide bonds. The molecule has 1 atom stereocenters. The largest absolute Gasteiger partial charge is 0.492 e. The number of nitrogens with one attached hydrogen (secondary N) is 1. The summed E-state index contributed by atoms with van der Waals surface area (Å²) in [6, 6.07) is 9.03. The van der Waals surface area contributed by atoms with Gasteiger partial charge in [0.1, 0.15) is 12.4 Å². The van der Waals surface area contributed by atoms with E-state index in [1.165, 1.54) is 5.56 Å². The van der Waals surface area contributed by atoms with Gasteiger partial charge >= 0.3 is 0 Å². The summed E-state index contributed by atoms with van der Waals surface area (Å²) in [7, 11) is 0. The smallest absolute Gasteiger partial charge is 0.119 e. The third-order valence-corrected chi connectivity index (χ3v) is 3.60. The van der Waals surface area contributed by atoms with E-state index in [2.05, 4.69) is 71.1 Å². The van der Waals surface area contributed by atoms with Gasteiger partial charge in [-0.15, -0.1) is 0 Å². The Morgan fingerprint density at radius 3 is 2.11 bits per heavy atom. The predicted molar refractivity (Wildman–Crippen MR) is 82.9 cm³/mol. The summed E-state index contributed by atoms with van der Waals surface area (Å²) in [5.74, 6) is 1.50. The third-order valence-electron chi connectivity index (χ3n) is 3.60. The second-order valence-corrected chi connectivity index (χ2v) is 6.61. The Morgan fingerprint density at radius 1 is 1.05 bits per heavy atom. The van der Waals surface area contributed by atoms with Crippen LogP contribution < -0.4 is 10.1 Å². The zero-order valence-corrected chi connectivity index (χ0v) is 13.3. The fourth-order valence-electron chi connectivity index (χ4n) is 1.87. The molecule has 2 heteroatoms. The lowest BCUT2D eigenvalue weighted by Crippen LogP contribution is -2.27. The molecular weight excluding hydrogens is 234 g/mol. The van der Waals surface area contributed by atoms with Crippen molar-refractivity contribution < 1.29 is 4.74 Å². The summed E-state index contributed by atoms with van der Waals surface area (Å²) < 4.78 is 5.71. The first-order chi connectivity index (χ1) is 8.80. The van der Waals surface area contributed by atoms with E-state index in [0.717, 1.165) is 12.3 Å². The zero-order chi connectivity index (χ0) is 14.5. The van der Waals surface area contributed by atoms with Crippen LogP contribution in [0, 0.1) is 5.41 Å². The maximum atomic E-state index is 5.71. The van der Waals surface area contributed by atoms with Gasteiger partial charge in [0.15, 0.2) is 0 Å². The molecule has 0 aliphatic heterocycles. The van der Waals surface area contributed by atoms with Crippen molar-refractivity contribution in [3.8, 4) is 5.75 Å². The van der Waals surface area contributed by atoms with Gasteiger partial charge in [-0.05, 0) is 29.0 Å². The Labute approximate surface area is 118 Å². The van der Waals surface area contributed by atoms with E-state index < -0.39 is 0 Å². The zero-order valence-electron chi connectivity index (χ0n) is 13.3. The van der Waals surface area contributed by atoms with Crippen molar-refractivity contribution in [2.75, 3.05) is 13.2 Å². The van der Waals surface area contributed by atoms with E-state index in [1.807, 2.05) is 0 Å². The minimum absolute atomic E-state index is 0.295. The van der Waals surface area contributed by atoms with Crippen LogP contribution in [0.1, 0.15) is 53.0 Å². The van der Waals surface area contributed by atoms with Gasteiger partial charge in [-0.1, -0.05) is 53.7 Å². The van der Waals surface area contributed by atoms with E-state index in [4.69, 9.17) is 4.74 Å². The number of hydrogen-bond acceptors (Lipinski definition) is 2. The van der Waals surface area contributed by atoms with Crippen LogP contribution >= 0.6 is 0 Å². The highest BCUT2D eigenvalue weighted by atomic mass is 16.5. The van der Waals surface area contributed by atoms with Crippen LogP contribution in [-0.4, -0.2) is 19.2 Å². The molecule has 0 aliphatic rings. The van der Waals surface area contributed by atoms with Gasteiger partial charge in [0.25, 0.3) is 0 Å². The van der Waals surface area contributed by atoms with Gasteiger partial charge < -0.3 is 10.1 Å². The van der Waals surface area contributed by atoms with Gasteiger partial charge in [-0.3, -0.25) is 0 Å². The molecule has 1 unspecified atom stereocenters. The number of rotatable bonds is 6. The maximum Gasteiger partial charge on any atom is 0.119 e. The summed E-state index contributed by atoms with van der Waals surface area (Å²) in [6.45, 7) is 15.0. The van der Waals surface area contributed by atoms with Gasteiger partial charge in [0.05, 0.1) is 0 Å². The molecule has 0 bridgehead atoms. The molecule has 108 valence electrons. The molecular formula is C17H29NO. The summed E-state index contributed by atoms with van der Waals surface area (Å²) in [5, 5.41) is 3.34. The molecule has 0 spiro atoms. The minimum atomic E-state index is 0.295. The average Bonchev–Trinajstić information content (AvgIpc) is 2.33. The molecule has 0 saturated heterocycles. The number of ether oxygens (including phenoxy) is 1. The SMILES string of the molecule is CC(C)NCCOc1ccc(C(C)C(C)(C)C)cc1. The lowest BCUT2D eigenvalue weighted by molar-refractivity contribution is 0.308. The molecule has 19 heavy (non-hydrogen) atoms. The highest BCUT2D eigenvalue weighted by Crippen LogP contribution is 2.34. The Kier molecular flexibility index (Phi) is 5.86. The van der Waals surface area contributed by atoms with E-state index in [1.54, 1.807) is 0 Å². The molecule has 1 aromatic rings. The highest BCUT2D eigenvalue weighted by molar-refractivity contribution is 5.30. The molecule has 0 radical (unpaired) electrons. The molecule has 0 saturated carbocycles. The average molecular weight is 263 g/mol. The lowest BCUT2D eigenvalue weighted by Gasteiger charge is -2.27. The van der Waals surface area contributed by atoms with Crippen molar-refractivity contribution in [2.24, 2.45) is 5.41 Å². The Hall–Kier alpha value is -1.02. The topological polar surface area (TPSA) is 21.3 Å². The van der Waals surface area contributed by atoms with E-state index in [9.17, 15) is 0 Å². The van der Waals surface area contributed by atoms with Crippen LogP contribution in [-0.2, 0) is 0 Å². The molecule has 0 aliphatic carbocycles. The number of hydrogen-bond donors (Lipinski definition) is 1. The number of benzene rings is 1. The highest BCUT2D eigenvalue weighted by Gasteiger charge is 2.21. The maximum absolute atomic E-state index is 5.71. The fourth-order valence-corrected chi connectivity index (χ4v) is 1.87. The van der Waals surface area contributed by atoms with Crippen LogP contribution in [0.15, 0.2) is 24.3 Å². The quantitative estimate of drug-likeness (QED) is 0.776. The second kappa shape index (κ2) is 6.95. The van der Waals surface area contributed by atoms with Gasteiger partial charge in [-0.2, -0.15) is 0 Å². The van der Waals surface area contributed by atoms with Crippen molar-refractivity contribution in [3.05, 3.63) is 29.8 Å². The van der Waals surface area contributed by atoms with Crippen LogP contribution in [0.2, 0.25) is 0 Å². The molecule has 1 rings (SSSR count).